The molecule has 0 bridgehead atoms. The lowest BCUT2D eigenvalue weighted by Gasteiger charge is -2.35. The number of anilines is 1. The van der Waals surface area contributed by atoms with Crippen molar-refractivity contribution >= 4 is 27.3 Å². The van der Waals surface area contributed by atoms with E-state index >= 15 is 0 Å². The van der Waals surface area contributed by atoms with Crippen LogP contribution in [-0.4, -0.2) is 62.0 Å². The molecule has 1 heterocycles. The van der Waals surface area contributed by atoms with Gasteiger partial charge >= 0.3 is 0 Å². The predicted molar refractivity (Wildman–Crippen MR) is 119 cm³/mol. The first-order valence-electron chi connectivity index (χ1n) is 10.2. The lowest BCUT2D eigenvalue weighted by molar-refractivity contribution is -0.385. The number of piperazine rings is 1. The fourth-order valence-electron chi connectivity index (χ4n) is 3.66. The van der Waals surface area contributed by atoms with Crippen LogP contribution >= 0.6 is 0 Å². The Labute approximate surface area is 186 Å². The largest absolute Gasteiger partial charge is 0.367 e. The van der Waals surface area contributed by atoms with Crippen LogP contribution < -0.4 is 10.2 Å². The molecule has 3 rings (SSSR count). The van der Waals surface area contributed by atoms with Gasteiger partial charge in [-0.05, 0) is 31.5 Å². The van der Waals surface area contributed by atoms with E-state index in [9.17, 15) is 27.7 Å². The normalized spacial score (nSPS) is 14.9. The Hall–Kier alpha value is -3.05. The number of nitrogens with one attached hydrogen (secondary N) is 1. The number of nitro groups is 1. The molecule has 32 heavy (non-hydrogen) atoms. The third-order valence-corrected chi connectivity index (χ3v) is 7.39. The molecule has 0 unspecified atom stereocenters. The molecule has 0 spiro atoms. The highest BCUT2D eigenvalue weighted by Crippen LogP contribution is 2.22. The first kappa shape index (κ1) is 23.6. The summed E-state index contributed by atoms with van der Waals surface area (Å²) in [5.74, 6) is -0.957. The number of halogens is 1. The Kier molecular flexibility index (Phi) is 7.41. The molecule has 1 aliphatic heterocycles. The van der Waals surface area contributed by atoms with Crippen molar-refractivity contribution in [1.29, 1.82) is 0 Å². The van der Waals surface area contributed by atoms with E-state index in [1.54, 1.807) is 18.2 Å². The highest BCUT2D eigenvalue weighted by molar-refractivity contribution is 7.89. The van der Waals surface area contributed by atoms with Gasteiger partial charge in [0.15, 0.2) is 0 Å². The molecule has 1 fully saturated rings. The van der Waals surface area contributed by atoms with Gasteiger partial charge in [-0.1, -0.05) is 18.2 Å². The zero-order valence-corrected chi connectivity index (χ0v) is 18.5. The van der Waals surface area contributed by atoms with Gasteiger partial charge in [-0.2, -0.15) is 4.31 Å². The summed E-state index contributed by atoms with van der Waals surface area (Å²) in [6.45, 7) is 2.92. The standard InChI is InChI=1S/C21H25FN4O5S/c1-16-17(6-4-9-19(16)26(28)29)21(27)23-10-5-15-32(30,31)25-13-11-24(12-14-25)20-8-3-2-7-18(20)22/h2-4,6-9H,5,10-15H2,1H3,(H,23,27). The molecule has 1 amide bonds. The Morgan fingerprint density at radius 3 is 2.47 bits per heavy atom. The maximum Gasteiger partial charge on any atom is 0.273 e. The van der Waals surface area contributed by atoms with Crippen LogP contribution in [0.5, 0.6) is 0 Å². The summed E-state index contributed by atoms with van der Waals surface area (Å²) in [5, 5.41) is 13.6. The lowest BCUT2D eigenvalue weighted by atomic mass is 10.1. The summed E-state index contributed by atoms with van der Waals surface area (Å²) in [7, 11) is -3.52. The highest BCUT2D eigenvalue weighted by Gasteiger charge is 2.27. The molecule has 0 atom stereocenters. The summed E-state index contributed by atoms with van der Waals surface area (Å²) in [6.07, 6.45) is 0.204. The number of para-hydroxylation sites is 1. The lowest BCUT2D eigenvalue weighted by Crippen LogP contribution is -2.49. The number of sulfonamides is 1. The first-order valence-corrected chi connectivity index (χ1v) is 11.8. The molecular formula is C21H25FN4O5S. The van der Waals surface area contributed by atoms with Gasteiger partial charge in [0, 0.05) is 49.9 Å². The second-order valence-electron chi connectivity index (χ2n) is 7.47. The van der Waals surface area contributed by atoms with E-state index in [1.807, 2.05) is 4.90 Å². The van der Waals surface area contributed by atoms with Crippen LogP contribution in [0.25, 0.3) is 0 Å². The Morgan fingerprint density at radius 1 is 1.12 bits per heavy atom. The first-order chi connectivity index (χ1) is 15.2. The molecule has 11 heteroatoms. The minimum Gasteiger partial charge on any atom is -0.367 e. The zero-order valence-electron chi connectivity index (χ0n) is 17.7. The van der Waals surface area contributed by atoms with Crippen molar-refractivity contribution in [3.8, 4) is 0 Å². The molecule has 0 radical (unpaired) electrons. The number of amides is 1. The van der Waals surface area contributed by atoms with E-state index in [1.165, 1.54) is 35.5 Å². The fourth-order valence-corrected chi connectivity index (χ4v) is 5.15. The summed E-state index contributed by atoms with van der Waals surface area (Å²) in [4.78, 5) is 24.6. The van der Waals surface area contributed by atoms with Crippen LogP contribution in [0.1, 0.15) is 22.3 Å². The minimum absolute atomic E-state index is 0.120. The van der Waals surface area contributed by atoms with Gasteiger partial charge < -0.3 is 10.2 Å². The molecule has 0 aliphatic carbocycles. The maximum absolute atomic E-state index is 13.9. The molecule has 172 valence electrons. The van der Waals surface area contributed by atoms with Gasteiger partial charge in [0.05, 0.1) is 16.4 Å². The summed E-state index contributed by atoms with van der Waals surface area (Å²) in [5.41, 5.74) is 0.764. The molecule has 0 saturated carbocycles. The number of carbonyl (C=O) groups is 1. The van der Waals surface area contributed by atoms with Crippen LogP contribution in [-0.2, 0) is 10.0 Å². The highest BCUT2D eigenvalue weighted by atomic mass is 32.2. The number of hydrogen-bond acceptors (Lipinski definition) is 6. The van der Waals surface area contributed by atoms with E-state index in [2.05, 4.69) is 5.32 Å². The Balaban J connectivity index is 1.48. The van der Waals surface area contributed by atoms with Gasteiger partial charge in [-0.25, -0.2) is 12.8 Å². The van der Waals surface area contributed by atoms with Crippen molar-refractivity contribution in [2.24, 2.45) is 0 Å². The molecular weight excluding hydrogens is 439 g/mol. The number of carbonyl (C=O) groups excluding carboxylic acids is 1. The molecule has 1 aliphatic rings. The average Bonchev–Trinajstić information content (AvgIpc) is 2.77. The van der Waals surface area contributed by atoms with Crippen LogP contribution in [0, 0.1) is 22.9 Å². The summed E-state index contributed by atoms with van der Waals surface area (Å²) >= 11 is 0. The van der Waals surface area contributed by atoms with E-state index in [4.69, 9.17) is 0 Å². The third-order valence-electron chi connectivity index (χ3n) is 5.44. The number of rotatable bonds is 8. The smallest absolute Gasteiger partial charge is 0.273 e. The maximum atomic E-state index is 13.9. The number of benzene rings is 2. The molecule has 2 aromatic rings. The SMILES string of the molecule is Cc1c(C(=O)NCCCS(=O)(=O)N2CCN(c3ccccc3F)CC2)cccc1[N+](=O)[O-]. The Morgan fingerprint density at radius 2 is 1.81 bits per heavy atom. The van der Waals surface area contributed by atoms with Crippen LogP contribution in [0.3, 0.4) is 0 Å². The number of nitrogens with zero attached hydrogens (tertiary/aromatic N) is 3. The van der Waals surface area contributed by atoms with Gasteiger partial charge in [0.1, 0.15) is 5.82 Å². The van der Waals surface area contributed by atoms with Crippen molar-refractivity contribution < 1.29 is 22.5 Å². The summed E-state index contributed by atoms with van der Waals surface area (Å²) in [6, 6.07) is 10.6. The van der Waals surface area contributed by atoms with Gasteiger partial charge in [0.25, 0.3) is 11.6 Å². The van der Waals surface area contributed by atoms with Gasteiger partial charge in [0.2, 0.25) is 10.0 Å². The monoisotopic (exact) mass is 464 g/mol. The second kappa shape index (κ2) is 10.0. The van der Waals surface area contributed by atoms with Crippen molar-refractivity contribution in [2.75, 3.05) is 43.4 Å². The van der Waals surface area contributed by atoms with Crippen molar-refractivity contribution in [2.45, 2.75) is 13.3 Å². The minimum atomic E-state index is -3.52. The van der Waals surface area contributed by atoms with Gasteiger partial charge in [-0.3, -0.25) is 14.9 Å². The van der Waals surface area contributed by atoms with Crippen LogP contribution in [0.4, 0.5) is 15.8 Å². The van der Waals surface area contributed by atoms with Crippen LogP contribution in [0.2, 0.25) is 0 Å². The van der Waals surface area contributed by atoms with E-state index in [-0.39, 0.29) is 54.4 Å². The Bertz CT molecular complexity index is 1100. The van der Waals surface area contributed by atoms with E-state index in [0.717, 1.165) is 0 Å². The third kappa shape index (κ3) is 5.40. The van der Waals surface area contributed by atoms with Crippen molar-refractivity contribution in [3.63, 3.8) is 0 Å². The van der Waals surface area contributed by atoms with Crippen molar-refractivity contribution in [3.05, 3.63) is 69.5 Å². The number of hydrogen-bond donors (Lipinski definition) is 1. The predicted octanol–water partition coefficient (Wildman–Crippen LogP) is 2.31. The van der Waals surface area contributed by atoms with E-state index in [0.29, 0.717) is 18.8 Å². The topological polar surface area (TPSA) is 113 Å². The van der Waals surface area contributed by atoms with Crippen LogP contribution in [0.15, 0.2) is 42.5 Å². The molecule has 2 aromatic carbocycles. The van der Waals surface area contributed by atoms with Gasteiger partial charge in [-0.15, -0.1) is 0 Å². The quantitative estimate of drug-likeness (QED) is 0.364. The molecule has 1 N–H and O–H groups in total. The van der Waals surface area contributed by atoms with Crippen molar-refractivity contribution in [1.82, 2.24) is 9.62 Å². The fraction of sp³-hybridized carbons (Fsp3) is 0.381. The zero-order chi connectivity index (χ0) is 23.3. The average molecular weight is 465 g/mol. The molecule has 1 saturated heterocycles. The molecule has 9 nitrogen and oxygen atoms in total. The summed E-state index contributed by atoms with van der Waals surface area (Å²) < 4.78 is 40.6. The molecule has 0 aromatic heterocycles. The second-order valence-corrected chi connectivity index (χ2v) is 9.56. The van der Waals surface area contributed by atoms with E-state index < -0.39 is 20.9 Å². The number of nitro benzene ring substituents is 1.